The number of Topliss-reactive ketones (excluding diaryl/α,β-unsaturated/α-hetero) is 1. The molecule has 0 unspecified atom stereocenters. The molecule has 0 aliphatic heterocycles. The second kappa shape index (κ2) is 6.01. The fourth-order valence-corrected chi connectivity index (χ4v) is 1.89. The van der Waals surface area contributed by atoms with Gasteiger partial charge in [0.25, 0.3) is 0 Å². The van der Waals surface area contributed by atoms with Crippen LogP contribution in [-0.4, -0.2) is 12.9 Å². The maximum absolute atomic E-state index is 13.5. The van der Waals surface area contributed by atoms with Crippen molar-refractivity contribution < 1.29 is 18.3 Å². The Balaban J connectivity index is 2.19. The van der Waals surface area contributed by atoms with E-state index < -0.39 is 11.6 Å². The summed E-state index contributed by atoms with van der Waals surface area (Å²) in [6, 6.07) is 8.09. The molecule has 5 heteroatoms. The number of carbonyl (C=O) groups is 1. The highest BCUT2D eigenvalue weighted by atomic mass is 35.5. The van der Waals surface area contributed by atoms with E-state index in [1.54, 1.807) is 6.07 Å². The Morgan fingerprint density at radius 1 is 1.15 bits per heavy atom. The van der Waals surface area contributed by atoms with Crippen molar-refractivity contribution in [1.82, 2.24) is 0 Å². The van der Waals surface area contributed by atoms with E-state index in [-0.39, 0.29) is 28.5 Å². The minimum absolute atomic E-state index is 0.0258. The van der Waals surface area contributed by atoms with Crippen LogP contribution in [0.5, 0.6) is 5.75 Å². The molecule has 2 nitrogen and oxygen atoms in total. The highest BCUT2D eigenvalue weighted by molar-refractivity contribution is 6.30. The van der Waals surface area contributed by atoms with Gasteiger partial charge in [0, 0.05) is 12.0 Å². The molecule has 104 valence electrons. The zero-order valence-electron chi connectivity index (χ0n) is 10.6. The summed E-state index contributed by atoms with van der Waals surface area (Å²) in [5.41, 5.74) is 0.687. The smallest absolute Gasteiger partial charge is 0.167 e. The first-order valence-corrected chi connectivity index (χ1v) is 6.19. The van der Waals surface area contributed by atoms with E-state index in [0.717, 1.165) is 6.07 Å². The van der Waals surface area contributed by atoms with Crippen LogP contribution in [0.15, 0.2) is 36.4 Å². The Labute approximate surface area is 119 Å². The molecule has 0 heterocycles. The number of halogens is 3. The summed E-state index contributed by atoms with van der Waals surface area (Å²) in [6.07, 6.45) is -0.0258. The lowest BCUT2D eigenvalue weighted by atomic mass is 10.0. The third-order valence-electron chi connectivity index (χ3n) is 2.82. The third-order valence-corrected chi connectivity index (χ3v) is 3.13. The molecule has 2 rings (SSSR count). The topological polar surface area (TPSA) is 26.3 Å². The molecule has 0 aromatic heterocycles. The van der Waals surface area contributed by atoms with Crippen molar-refractivity contribution >= 4 is 17.4 Å². The molecule has 20 heavy (non-hydrogen) atoms. The Hall–Kier alpha value is -1.94. The lowest BCUT2D eigenvalue weighted by Gasteiger charge is -2.05. The zero-order chi connectivity index (χ0) is 14.7. The first kappa shape index (κ1) is 14.5. The van der Waals surface area contributed by atoms with Gasteiger partial charge in [0.15, 0.2) is 17.3 Å². The number of ether oxygens (including phenoxy) is 1. The zero-order valence-corrected chi connectivity index (χ0v) is 11.4. The van der Waals surface area contributed by atoms with Crippen LogP contribution in [0.3, 0.4) is 0 Å². The van der Waals surface area contributed by atoms with Crippen molar-refractivity contribution in [3.05, 3.63) is 64.2 Å². The van der Waals surface area contributed by atoms with Gasteiger partial charge in [-0.1, -0.05) is 17.7 Å². The van der Waals surface area contributed by atoms with Gasteiger partial charge < -0.3 is 4.74 Å². The van der Waals surface area contributed by atoms with Crippen molar-refractivity contribution in [3.63, 3.8) is 0 Å². The van der Waals surface area contributed by atoms with Gasteiger partial charge in [-0.15, -0.1) is 0 Å². The molecule has 2 aromatic rings. The molecule has 0 radical (unpaired) electrons. The summed E-state index contributed by atoms with van der Waals surface area (Å²) in [4.78, 5) is 12.0. The average molecular weight is 297 g/mol. The molecule has 0 atom stereocenters. The molecular formula is C15H11ClF2O2. The van der Waals surface area contributed by atoms with Gasteiger partial charge in [-0.05, 0) is 35.9 Å². The number of ketones is 1. The van der Waals surface area contributed by atoms with E-state index >= 15 is 0 Å². The molecule has 0 N–H and O–H groups in total. The number of rotatable bonds is 4. The van der Waals surface area contributed by atoms with Crippen LogP contribution in [0.4, 0.5) is 8.78 Å². The van der Waals surface area contributed by atoms with E-state index in [1.165, 1.54) is 31.4 Å². The predicted octanol–water partition coefficient (Wildman–Crippen LogP) is 4.05. The number of benzene rings is 2. The van der Waals surface area contributed by atoms with E-state index in [2.05, 4.69) is 0 Å². The number of carbonyl (C=O) groups excluding carboxylic acids is 1. The molecular weight excluding hydrogens is 286 g/mol. The fourth-order valence-electron chi connectivity index (χ4n) is 1.78. The summed E-state index contributed by atoms with van der Waals surface area (Å²) in [6.45, 7) is 0. The number of hydrogen-bond donors (Lipinski definition) is 0. The Kier molecular flexibility index (Phi) is 4.35. The normalized spacial score (nSPS) is 10.4. The van der Waals surface area contributed by atoms with Crippen molar-refractivity contribution in [1.29, 1.82) is 0 Å². The Bertz CT molecular complexity index is 656. The average Bonchev–Trinajstić information content (AvgIpc) is 2.42. The van der Waals surface area contributed by atoms with Crippen LogP contribution in [0.25, 0.3) is 0 Å². The summed E-state index contributed by atoms with van der Waals surface area (Å²) in [5.74, 6) is -1.40. The van der Waals surface area contributed by atoms with E-state index in [1.807, 2.05) is 0 Å². The molecule has 0 aliphatic rings. The standard InChI is InChI=1S/C15H11ClF2O2/c1-20-15-5-2-9(6-13(15)18)7-14(19)10-3-4-11(16)12(17)8-10/h2-6,8H,7H2,1H3. The summed E-state index contributed by atoms with van der Waals surface area (Å²) in [7, 11) is 1.36. The molecule has 2 aromatic carbocycles. The van der Waals surface area contributed by atoms with Gasteiger partial charge in [0.1, 0.15) is 5.82 Å². The monoisotopic (exact) mass is 296 g/mol. The van der Waals surface area contributed by atoms with Gasteiger partial charge >= 0.3 is 0 Å². The maximum atomic E-state index is 13.5. The number of methoxy groups -OCH3 is 1. The Morgan fingerprint density at radius 3 is 2.50 bits per heavy atom. The minimum Gasteiger partial charge on any atom is -0.494 e. The summed E-state index contributed by atoms with van der Waals surface area (Å²) < 4.78 is 31.6. The van der Waals surface area contributed by atoms with Crippen molar-refractivity contribution in [2.24, 2.45) is 0 Å². The molecule has 0 aliphatic carbocycles. The molecule has 0 saturated heterocycles. The Morgan fingerprint density at radius 2 is 1.90 bits per heavy atom. The molecule has 0 fully saturated rings. The van der Waals surface area contributed by atoms with E-state index in [9.17, 15) is 13.6 Å². The quantitative estimate of drug-likeness (QED) is 0.796. The lowest BCUT2D eigenvalue weighted by molar-refractivity contribution is 0.0992. The first-order chi connectivity index (χ1) is 9.51. The molecule has 0 amide bonds. The highest BCUT2D eigenvalue weighted by Crippen LogP contribution is 2.20. The minimum atomic E-state index is -0.654. The van der Waals surface area contributed by atoms with Crippen LogP contribution in [0.2, 0.25) is 5.02 Å². The van der Waals surface area contributed by atoms with Crippen LogP contribution < -0.4 is 4.74 Å². The van der Waals surface area contributed by atoms with Gasteiger partial charge in [-0.25, -0.2) is 8.78 Å². The van der Waals surface area contributed by atoms with Crippen molar-refractivity contribution in [3.8, 4) is 5.75 Å². The van der Waals surface area contributed by atoms with Crippen LogP contribution in [-0.2, 0) is 6.42 Å². The predicted molar refractivity (Wildman–Crippen MR) is 72.4 cm³/mol. The first-order valence-electron chi connectivity index (χ1n) is 5.82. The lowest BCUT2D eigenvalue weighted by Crippen LogP contribution is -2.04. The third kappa shape index (κ3) is 3.14. The fraction of sp³-hybridized carbons (Fsp3) is 0.133. The molecule has 0 saturated carbocycles. The van der Waals surface area contributed by atoms with Crippen molar-refractivity contribution in [2.45, 2.75) is 6.42 Å². The van der Waals surface area contributed by atoms with Crippen LogP contribution in [0.1, 0.15) is 15.9 Å². The van der Waals surface area contributed by atoms with Gasteiger partial charge in [-0.3, -0.25) is 4.79 Å². The summed E-state index contributed by atoms with van der Waals surface area (Å²) in [5, 5.41) is -0.0444. The maximum Gasteiger partial charge on any atom is 0.167 e. The van der Waals surface area contributed by atoms with E-state index in [0.29, 0.717) is 5.56 Å². The molecule has 0 spiro atoms. The second-order valence-corrected chi connectivity index (χ2v) is 4.60. The molecule has 0 bridgehead atoms. The highest BCUT2D eigenvalue weighted by Gasteiger charge is 2.11. The summed E-state index contributed by atoms with van der Waals surface area (Å²) >= 11 is 5.55. The van der Waals surface area contributed by atoms with Gasteiger partial charge in [0.05, 0.1) is 12.1 Å². The van der Waals surface area contributed by atoms with Crippen LogP contribution in [0, 0.1) is 11.6 Å². The van der Waals surface area contributed by atoms with Crippen molar-refractivity contribution in [2.75, 3.05) is 7.11 Å². The SMILES string of the molecule is COc1ccc(CC(=O)c2ccc(Cl)c(F)c2)cc1F. The van der Waals surface area contributed by atoms with Crippen LogP contribution >= 0.6 is 11.6 Å². The number of hydrogen-bond acceptors (Lipinski definition) is 2. The second-order valence-electron chi connectivity index (χ2n) is 4.20. The van der Waals surface area contributed by atoms with Gasteiger partial charge in [0.2, 0.25) is 0 Å². The van der Waals surface area contributed by atoms with E-state index in [4.69, 9.17) is 16.3 Å². The van der Waals surface area contributed by atoms with Gasteiger partial charge in [-0.2, -0.15) is 0 Å². The largest absolute Gasteiger partial charge is 0.494 e.